The fourth-order valence-corrected chi connectivity index (χ4v) is 5.29. The van der Waals surface area contributed by atoms with E-state index in [1.807, 2.05) is 25.1 Å². The van der Waals surface area contributed by atoms with Crippen molar-refractivity contribution in [2.45, 2.75) is 44.6 Å². The number of carbonyl (C=O) groups is 1. The van der Waals surface area contributed by atoms with Crippen LogP contribution in [0.5, 0.6) is 0 Å². The van der Waals surface area contributed by atoms with Gasteiger partial charge >= 0.3 is 0 Å². The zero-order valence-electron chi connectivity index (χ0n) is 16.2. The molecule has 29 heavy (non-hydrogen) atoms. The van der Waals surface area contributed by atoms with E-state index in [4.69, 9.17) is 0 Å². The first-order chi connectivity index (χ1) is 14.1. The number of aromatic nitrogens is 3. The average Bonchev–Trinajstić information content (AvgIpc) is 3.24. The highest BCUT2D eigenvalue weighted by molar-refractivity contribution is 7.18. The molecule has 0 atom stereocenters. The van der Waals surface area contributed by atoms with E-state index in [9.17, 15) is 4.79 Å². The van der Waals surface area contributed by atoms with Crippen LogP contribution in [0.3, 0.4) is 0 Å². The largest absolute Gasteiger partial charge is 0.342 e. The number of nitrogens with one attached hydrogen (secondary N) is 3. The lowest BCUT2D eigenvalue weighted by molar-refractivity contribution is 0.0912. The molecule has 3 aromatic rings. The van der Waals surface area contributed by atoms with Crippen molar-refractivity contribution >= 4 is 39.7 Å². The highest BCUT2D eigenvalue weighted by Gasteiger charge is 2.44. The van der Waals surface area contributed by atoms with Crippen LogP contribution in [0.1, 0.15) is 52.9 Å². The molecule has 3 aromatic heterocycles. The second-order valence-corrected chi connectivity index (χ2v) is 8.71. The molecule has 1 aliphatic heterocycles. The summed E-state index contributed by atoms with van der Waals surface area (Å²) in [5, 5.41) is 10.7. The number of hydrogen-bond acceptors (Lipinski definition) is 7. The predicted octanol–water partition coefficient (Wildman–Crippen LogP) is 4.63. The molecule has 3 N–H and O–H groups in total. The molecule has 0 aromatic carbocycles. The van der Waals surface area contributed by atoms with Crippen LogP contribution in [0.4, 0.5) is 22.5 Å². The van der Waals surface area contributed by atoms with E-state index in [1.54, 1.807) is 6.20 Å². The number of pyridine rings is 1. The van der Waals surface area contributed by atoms with Crippen LogP contribution in [0.25, 0.3) is 0 Å². The van der Waals surface area contributed by atoms with Gasteiger partial charge in [0.2, 0.25) is 0 Å². The SMILES string of the molecule is Cc1cccnc1Nc1cc(Nc2cc3c(s2)C(=O)NC32CCCCC2)ncn1. The van der Waals surface area contributed by atoms with Crippen LogP contribution in [0.2, 0.25) is 0 Å². The molecule has 1 saturated carbocycles. The number of aryl methyl sites for hydroxylation is 1. The van der Waals surface area contributed by atoms with Gasteiger partial charge in [0.05, 0.1) is 15.4 Å². The smallest absolute Gasteiger partial charge is 0.262 e. The number of hydrogen-bond donors (Lipinski definition) is 3. The summed E-state index contributed by atoms with van der Waals surface area (Å²) >= 11 is 1.49. The molecular weight excluding hydrogens is 384 g/mol. The monoisotopic (exact) mass is 406 g/mol. The van der Waals surface area contributed by atoms with Crippen molar-refractivity contribution in [1.29, 1.82) is 0 Å². The molecule has 0 bridgehead atoms. The first-order valence-electron chi connectivity index (χ1n) is 9.87. The van der Waals surface area contributed by atoms with Gasteiger partial charge in [0.1, 0.15) is 23.8 Å². The van der Waals surface area contributed by atoms with Crippen molar-refractivity contribution in [2.24, 2.45) is 0 Å². The Labute approximate surface area is 173 Å². The predicted molar refractivity (Wildman–Crippen MR) is 114 cm³/mol. The van der Waals surface area contributed by atoms with E-state index in [0.29, 0.717) is 11.6 Å². The Morgan fingerprint density at radius 1 is 1.07 bits per heavy atom. The summed E-state index contributed by atoms with van der Waals surface area (Å²) in [6, 6.07) is 7.85. The van der Waals surface area contributed by atoms with Crippen molar-refractivity contribution in [2.75, 3.05) is 10.6 Å². The molecule has 148 valence electrons. The fraction of sp³-hybridized carbons (Fsp3) is 0.333. The molecule has 1 amide bonds. The number of anilines is 4. The second kappa shape index (κ2) is 7.11. The first-order valence-corrected chi connectivity index (χ1v) is 10.7. The summed E-state index contributed by atoms with van der Waals surface area (Å²) in [5.74, 6) is 2.16. The molecular formula is C21H22N6OS. The average molecular weight is 407 g/mol. The maximum atomic E-state index is 12.5. The van der Waals surface area contributed by atoms with E-state index < -0.39 is 0 Å². The zero-order chi connectivity index (χ0) is 19.8. The van der Waals surface area contributed by atoms with Gasteiger partial charge in [0.15, 0.2) is 0 Å². The lowest BCUT2D eigenvalue weighted by Crippen LogP contribution is -2.40. The van der Waals surface area contributed by atoms with Gasteiger partial charge < -0.3 is 16.0 Å². The van der Waals surface area contributed by atoms with Crippen LogP contribution in [0.15, 0.2) is 36.8 Å². The Bertz CT molecular complexity index is 1070. The summed E-state index contributed by atoms with van der Waals surface area (Å²) in [6.07, 6.45) is 8.86. The molecule has 0 radical (unpaired) electrons. The van der Waals surface area contributed by atoms with Crippen molar-refractivity contribution in [1.82, 2.24) is 20.3 Å². The summed E-state index contributed by atoms with van der Waals surface area (Å²) in [7, 11) is 0. The Morgan fingerprint density at radius 2 is 1.86 bits per heavy atom. The lowest BCUT2D eigenvalue weighted by atomic mass is 9.78. The molecule has 5 rings (SSSR count). The number of amides is 1. The second-order valence-electron chi connectivity index (χ2n) is 7.66. The third kappa shape index (κ3) is 3.33. The Hall–Kier alpha value is -3.00. The first kappa shape index (κ1) is 18.1. The van der Waals surface area contributed by atoms with Crippen LogP contribution in [0, 0.1) is 6.92 Å². The maximum absolute atomic E-state index is 12.5. The summed E-state index contributed by atoms with van der Waals surface area (Å²) in [5.41, 5.74) is 2.01. The molecule has 4 heterocycles. The molecule has 2 aliphatic rings. The van der Waals surface area contributed by atoms with E-state index >= 15 is 0 Å². The molecule has 1 spiro atoms. The van der Waals surface area contributed by atoms with Gasteiger partial charge in [-0.25, -0.2) is 15.0 Å². The Kier molecular flexibility index (Phi) is 4.43. The summed E-state index contributed by atoms with van der Waals surface area (Å²) < 4.78 is 0. The van der Waals surface area contributed by atoms with E-state index in [0.717, 1.165) is 52.5 Å². The number of carbonyl (C=O) groups excluding carboxylic acids is 1. The Balaban J connectivity index is 1.38. The fourth-order valence-electron chi connectivity index (χ4n) is 4.23. The third-order valence-corrected chi connectivity index (χ3v) is 6.74. The van der Waals surface area contributed by atoms with E-state index in [-0.39, 0.29) is 11.4 Å². The van der Waals surface area contributed by atoms with Crippen molar-refractivity contribution in [3.8, 4) is 0 Å². The maximum Gasteiger partial charge on any atom is 0.262 e. The van der Waals surface area contributed by atoms with Crippen molar-refractivity contribution in [3.05, 3.63) is 52.8 Å². The van der Waals surface area contributed by atoms with Gasteiger partial charge in [0, 0.05) is 17.8 Å². The summed E-state index contributed by atoms with van der Waals surface area (Å²) in [4.78, 5) is 26.3. The Morgan fingerprint density at radius 3 is 2.66 bits per heavy atom. The van der Waals surface area contributed by atoms with Gasteiger partial charge in [-0.15, -0.1) is 11.3 Å². The summed E-state index contributed by atoms with van der Waals surface area (Å²) in [6.45, 7) is 2.00. The van der Waals surface area contributed by atoms with Crippen LogP contribution in [-0.4, -0.2) is 20.9 Å². The van der Waals surface area contributed by atoms with Gasteiger partial charge in [-0.3, -0.25) is 4.79 Å². The quantitative estimate of drug-likeness (QED) is 0.585. The lowest BCUT2D eigenvalue weighted by Gasteiger charge is -2.33. The standard InChI is InChI=1S/C21H22N6OS/c1-13-6-5-9-22-19(13)26-16-11-15(23-12-24-16)25-17-10-14-18(29-17)20(28)27-21(14)7-3-2-4-8-21/h5-6,9-12H,2-4,7-8H2,1H3,(H,27,28)(H2,22,23,24,25,26). The number of nitrogens with zero attached hydrogens (tertiary/aromatic N) is 3. The van der Waals surface area contributed by atoms with E-state index in [2.05, 4.69) is 37.0 Å². The molecule has 0 unspecified atom stereocenters. The van der Waals surface area contributed by atoms with Crippen LogP contribution >= 0.6 is 11.3 Å². The van der Waals surface area contributed by atoms with E-state index in [1.165, 1.54) is 24.1 Å². The van der Waals surface area contributed by atoms with Crippen LogP contribution < -0.4 is 16.0 Å². The number of rotatable bonds is 4. The minimum absolute atomic E-state index is 0.0515. The normalized spacial score (nSPS) is 17.1. The minimum Gasteiger partial charge on any atom is -0.342 e. The number of fused-ring (bicyclic) bond motifs is 2. The number of thiophene rings is 1. The van der Waals surface area contributed by atoms with Gasteiger partial charge in [-0.2, -0.15) is 0 Å². The van der Waals surface area contributed by atoms with Gasteiger partial charge in [-0.1, -0.05) is 25.3 Å². The highest BCUT2D eigenvalue weighted by atomic mass is 32.1. The topological polar surface area (TPSA) is 91.8 Å². The molecule has 1 aliphatic carbocycles. The van der Waals surface area contributed by atoms with Crippen molar-refractivity contribution < 1.29 is 4.79 Å². The minimum atomic E-state index is -0.171. The molecule has 1 fully saturated rings. The molecule has 7 nitrogen and oxygen atoms in total. The molecule has 8 heteroatoms. The van der Waals surface area contributed by atoms with Gasteiger partial charge in [-0.05, 0) is 37.5 Å². The van der Waals surface area contributed by atoms with Crippen molar-refractivity contribution in [3.63, 3.8) is 0 Å². The van der Waals surface area contributed by atoms with Gasteiger partial charge in [0.25, 0.3) is 5.91 Å². The van der Waals surface area contributed by atoms with Crippen LogP contribution in [-0.2, 0) is 5.54 Å². The zero-order valence-corrected chi connectivity index (χ0v) is 17.0. The molecule has 0 saturated heterocycles. The highest BCUT2D eigenvalue weighted by Crippen LogP contribution is 2.47. The third-order valence-electron chi connectivity index (χ3n) is 5.69.